The molecule has 0 fully saturated rings. The molecule has 0 amide bonds. The lowest BCUT2D eigenvalue weighted by atomic mass is 9.84. The molecule has 1 aromatic carbocycles. The van der Waals surface area contributed by atoms with E-state index in [1.165, 1.54) is 19.1 Å². The summed E-state index contributed by atoms with van der Waals surface area (Å²) in [4.78, 5) is 5.57. The number of aliphatic hydroxyl groups excluding tert-OH is 1. The van der Waals surface area contributed by atoms with Crippen molar-refractivity contribution in [3.05, 3.63) is 64.1 Å². The monoisotopic (exact) mass is 449 g/mol. The Labute approximate surface area is 185 Å². The van der Waals surface area contributed by atoms with Gasteiger partial charge in [-0.1, -0.05) is 6.07 Å². The highest BCUT2D eigenvalue weighted by molar-refractivity contribution is 5.79. The van der Waals surface area contributed by atoms with Gasteiger partial charge in [-0.25, -0.2) is 18.2 Å². The van der Waals surface area contributed by atoms with E-state index < -0.39 is 30.1 Å². The largest absolute Gasteiger partial charge is 0.393 e. The van der Waals surface area contributed by atoms with E-state index in [4.69, 9.17) is 0 Å². The zero-order chi connectivity index (χ0) is 23.2. The van der Waals surface area contributed by atoms with Gasteiger partial charge in [-0.15, -0.1) is 0 Å². The molecule has 8 heteroatoms. The number of fused-ring (bicyclic) bond motifs is 2. The topological polar surface area (TPSA) is 48.4 Å². The van der Waals surface area contributed by atoms with Crippen molar-refractivity contribution in [2.45, 2.75) is 51.4 Å². The first-order valence-electron chi connectivity index (χ1n) is 10.8. The molecule has 4 rings (SSSR count). The zero-order valence-electron chi connectivity index (χ0n) is 18.4. The van der Waals surface area contributed by atoms with Crippen LogP contribution in [0, 0.1) is 17.6 Å². The maximum atomic E-state index is 15.3. The van der Waals surface area contributed by atoms with E-state index >= 15 is 8.78 Å². The van der Waals surface area contributed by atoms with Crippen LogP contribution in [-0.2, 0) is 6.42 Å². The number of alkyl halides is 1. The number of benzene rings is 1. The maximum Gasteiger partial charge on any atom is 0.222 e. The molecule has 3 atom stereocenters. The Kier molecular flexibility index (Phi) is 6.02. The van der Waals surface area contributed by atoms with E-state index in [2.05, 4.69) is 10.3 Å². The van der Waals surface area contributed by atoms with Crippen LogP contribution in [0.25, 0.3) is 5.57 Å². The summed E-state index contributed by atoms with van der Waals surface area (Å²) in [5, 5.41) is 12.3. The van der Waals surface area contributed by atoms with E-state index in [0.717, 1.165) is 22.8 Å². The fraction of sp³-hybridized carbons (Fsp3) is 0.458. The Morgan fingerprint density at radius 2 is 2.00 bits per heavy atom. The van der Waals surface area contributed by atoms with Crippen LogP contribution in [0.15, 0.2) is 29.8 Å². The molecule has 4 nitrogen and oxygen atoms in total. The summed E-state index contributed by atoms with van der Waals surface area (Å²) in [6.45, 7) is 4.43. The van der Waals surface area contributed by atoms with E-state index in [1.807, 2.05) is 6.92 Å². The quantitative estimate of drug-likeness (QED) is 0.492. The normalized spacial score (nSPS) is 22.5. The van der Waals surface area contributed by atoms with Crippen LogP contribution >= 0.6 is 0 Å². The van der Waals surface area contributed by atoms with Crippen LogP contribution in [-0.4, -0.2) is 46.4 Å². The third-order valence-electron chi connectivity index (χ3n) is 6.32. The van der Waals surface area contributed by atoms with Gasteiger partial charge in [0.25, 0.3) is 0 Å². The van der Waals surface area contributed by atoms with E-state index in [-0.39, 0.29) is 29.8 Å². The molecule has 0 bridgehead atoms. The summed E-state index contributed by atoms with van der Waals surface area (Å²) in [6.07, 6.45) is 0.838. The smallest absolute Gasteiger partial charge is 0.222 e. The summed E-state index contributed by atoms with van der Waals surface area (Å²) in [6, 6.07) is 4.45. The number of rotatable bonds is 6. The predicted octanol–water partition coefficient (Wildman–Crippen LogP) is 4.80. The third kappa shape index (κ3) is 4.01. The molecule has 3 unspecified atom stereocenters. The zero-order valence-corrected chi connectivity index (χ0v) is 18.4. The van der Waals surface area contributed by atoms with Crippen LogP contribution in [0.2, 0.25) is 0 Å². The van der Waals surface area contributed by atoms with Gasteiger partial charge in [-0.3, -0.25) is 4.90 Å². The molecule has 1 aliphatic heterocycles. The van der Waals surface area contributed by atoms with Gasteiger partial charge in [-0.05, 0) is 68.0 Å². The highest BCUT2D eigenvalue weighted by Gasteiger charge is 2.44. The van der Waals surface area contributed by atoms with Gasteiger partial charge in [0.1, 0.15) is 23.1 Å². The van der Waals surface area contributed by atoms with Gasteiger partial charge < -0.3 is 10.4 Å². The van der Waals surface area contributed by atoms with Crippen molar-refractivity contribution < 1.29 is 22.7 Å². The minimum Gasteiger partial charge on any atom is -0.393 e. The minimum atomic E-state index is -1.97. The van der Waals surface area contributed by atoms with Gasteiger partial charge in [-0.2, -0.15) is 4.39 Å². The number of aliphatic hydroxyl groups is 1. The standard InChI is InChI=1S/C24H27F4N3O/c1-4-29-20-10-19(26)21(23(27)30-20)22-18-9-14-8-15(25)5-6-16(14)17(18)7-13(2)31(22)11-24(3,28)12-32/h5-6,8,10,13,22,32H,4,7,9,11-12H2,1-3H3,(H,29,30). The highest BCUT2D eigenvalue weighted by Crippen LogP contribution is 2.50. The van der Waals surface area contributed by atoms with Crippen molar-refractivity contribution >= 4 is 11.4 Å². The summed E-state index contributed by atoms with van der Waals surface area (Å²) in [5.74, 6) is -2.05. The Hall–Kier alpha value is -2.45. The molecule has 0 spiro atoms. The summed E-state index contributed by atoms with van der Waals surface area (Å²) in [5.41, 5.74) is 1.01. The van der Waals surface area contributed by atoms with Gasteiger partial charge in [0, 0.05) is 25.2 Å². The third-order valence-corrected chi connectivity index (χ3v) is 6.32. The van der Waals surface area contributed by atoms with E-state index in [0.29, 0.717) is 25.0 Å². The highest BCUT2D eigenvalue weighted by atomic mass is 19.1. The molecule has 172 valence electrons. The average molecular weight is 449 g/mol. The number of hydrogen-bond acceptors (Lipinski definition) is 4. The first-order chi connectivity index (χ1) is 15.1. The number of pyridine rings is 1. The summed E-state index contributed by atoms with van der Waals surface area (Å²) < 4.78 is 59.4. The molecule has 2 heterocycles. The number of halogens is 4. The van der Waals surface area contributed by atoms with E-state index in [1.54, 1.807) is 17.9 Å². The lowest BCUT2D eigenvalue weighted by molar-refractivity contribution is 0.0179. The fourth-order valence-electron chi connectivity index (χ4n) is 4.89. The Bertz CT molecular complexity index is 1050. The molecule has 0 saturated carbocycles. The maximum absolute atomic E-state index is 15.3. The lowest BCUT2D eigenvalue weighted by Gasteiger charge is -2.44. The van der Waals surface area contributed by atoms with Crippen molar-refractivity contribution in [2.75, 3.05) is 25.0 Å². The van der Waals surface area contributed by atoms with Crippen LogP contribution in [0.5, 0.6) is 0 Å². The van der Waals surface area contributed by atoms with Crippen LogP contribution in [0.4, 0.5) is 23.4 Å². The molecular formula is C24H27F4N3O. The fourth-order valence-corrected chi connectivity index (χ4v) is 4.89. The second-order valence-electron chi connectivity index (χ2n) is 8.91. The first kappa shape index (κ1) is 22.7. The van der Waals surface area contributed by atoms with Gasteiger partial charge in [0.15, 0.2) is 0 Å². The molecule has 2 aromatic rings. The minimum absolute atomic E-state index is 0.0818. The molecule has 2 aliphatic rings. The summed E-state index contributed by atoms with van der Waals surface area (Å²) in [7, 11) is 0. The molecule has 2 N–H and O–H groups in total. The van der Waals surface area contributed by atoms with Crippen molar-refractivity contribution in [2.24, 2.45) is 0 Å². The Morgan fingerprint density at radius 1 is 1.25 bits per heavy atom. The number of nitrogens with zero attached hydrogens (tertiary/aromatic N) is 2. The second kappa shape index (κ2) is 8.48. The van der Waals surface area contributed by atoms with Crippen molar-refractivity contribution in [3.63, 3.8) is 0 Å². The molecule has 1 aromatic heterocycles. The molecule has 0 saturated heterocycles. The predicted molar refractivity (Wildman–Crippen MR) is 115 cm³/mol. The number of nitrogens with one attached hydrogen (secondary N) is 1. The van der Waals surface area contributed by atoms with Crippen molar-refractivity contribution in [3.8, 4) is 0 Å². The molecule has 0 radical (unpaired) electrons. The van der Waals surface area contributed by atoms with Gasteiger partial charge in [0.2, 0.25) is 5.95 Å². The molecule has 32 heavy (non-hydrogen) atoms. The van der Waals surface area contributed by atoms with Gasteiger partial charge >= 0.3 is 0 Å². The van der Waals surface area contributed by atoms with Crippen LogP contribution < -0.4 is 5.32 Å². The van der Waals surface area contributed by atoms with Crippen LogP contribution in [0.3, 0.4) is 0 Å². The molecule has 1 aliphatic carbocycles. The molecular weight excluding hydrogens is 422 g/mol. The SMILES string of the molecule is CCNc1cc(F)c(C2C3=C(CC(C)N2CC(C)(F)CO)c2ccc(F)cc2C3)c(F)n1. The summed E-state index contributed by atoms with van der Waals surface area (Å²) >= 11 is 0. The lowest BCUT2D eigenvalue weighted by Crippen LogP contribution is -2.49. The van der Waals surface area contributed by atoms with Crippen molar-refractivity contribution in [1.82, 2.24) is 9.88 Å². The number of aromatic nitrogens is 1. The van der Waals surface area contributed by atoms with Crippen LogP contribution in [0.1, 0.15) is 49.9 Å². The van der Waals surface area contributed by atoms with E-state index in [9.17, 15) is 13.9 Å². The van der Waals surface area contributed by atoms with Crippen molar-refractivity contribution in [1.29, 1.82) is 0 Å². The average Bonchev–Trinajstić information content (AvgIpc) is 3.06. The second-order valence-corrected chi connectivity index (χ2v) is 8.91. The number of hydrogen-bond donors (Lipinski definition) is 2. The number of anilines is 1. The first-order valence-corrected chi connectivity index (χ1v) is 10.8. The van der Waals surface area contributed by atoms with Gasteiger partial charge in [0.05, 0.1) is 18.2 Å². The Balaban J connectivity index is 1.87. The Morgan fingerprint density at radius 3 is 2.66 bits per heavy atom.